The molecule has 1 aliphatic rings. The van der Waals surface area contributed by atoms with Crippen molar-refractivity contribution in [3.8, 4) is 0 Å². The van der Waals surface area contributed by atoms with Gasteiger partial charge in [-0.25, -0.2) is 0 Å². The first-order chi connectivity index (χ1) is 12.9. The van der Waals surface area contributed by atoms with Crippen LogP contribution in [0.3, 0.4) is 0 Å². The summed E-state index contributed by atoms with van der Waals surface area (Å²) in [6.07, 6.45) is 0.0720. The number of amides is 2. The first kappa shape index (κ1) is 18.9. The van der Waals surface area contributed by atoms with E-state index in [9.17, 15) is 14.4 Å². The van der Waals surface area contributed by atoms with E-state index >= 15 is 0 Å². The monoisotopic (exact) mass is 386 g/mol. The molecule has 0 saturated carbocycles. The first-order valence-corrected chi connectivity index (χ1v) is 8.89. The molecular formula is C20H19ClN2O4. The van der Waals surface area contributed by atoms with Gasteiger partial charge in [0.25, 0.3) is 5.91 Å². The maximum Gasteiger partial charge on any atom is 0.311 e. The van der Waals surface area contributed by atoms with Crippen LogP contribution in [0, 0.1) is 12.8 Å². The average Bonchev–Trinajstić information content (AvgIpc) is 3.02. The fourth-order valence-electron chi connectivity index (χ4n) is 2.86. The number of esters is 1. The summed E-state index contributed by atoms with van der Waals surface area (Å²) in [6, 6.07) is 14.2. The molecule has 0 radical (unpaired) electrons. The van der Waals surface area contributed by atoms with Gasteiger partial charge in [0.05, 0.1) is 5.92 Å². The second-order valence-corrected chi connectivity index (χ2v) is 6.84. The lowest BCUT2D eigenvalue weighted by molar-refractivity contribution is -0.151. The highest BCUT2D eigenvalue weighted by atomic mass is 35.5. The number of ether oxygens (including phenoxy) is 1. The summed E-state index contributed by atoms with van der Waals surface area (Å²) >= 11 is 5.86. The van der Waals surface area contributed by atoms with Crippen LogP contribution in [0.2, 0.25) is 5.02 Å². The summed E-state index contributed by atoms with van der Waals surface area (Å²) in [5, 5.41) is 3.09. The molecule has 1 aliphatic heterocycles. The zero-order valence-corrected chi connectivity index (χ0v) is 15.5. The molecule has 2 aromatic rings. The highest BCUT2D eigenvalue weighted by Crippen LogP contribution is 2.26. The third-order valence-electron chi connectivity index (χ3n) is 4.26. The summed E-state index contributed by atoms with van der Waals surface area (Å²) in [5.41, 5.74) is 2.36. The Hall–Kier alpha value is -2.86. The van der Waals surface area contributed by atoms with E-state index in [0.29, 0.717) is 10.7 Å². The molecule has 1 atom stereocenters. The van der Waals surface area contributed by atoms with Gasteiger partial charge >= 0.3 is 5.97 Å². The zero-order chi connectivity index (χ0) is 19.4. The van der Waals surface area contributed by atoms with Crippen molar-refractivity contribution in [2.24, 2.45) is 5.92 Å². The van der Waals surface area contributed by atoms with Gasteiger partial charge in [0.2, 0.25) is 5.91 Å². The number of benzene rings is 2. The molecule has 3 rings (SSSR count). The van der Waals surface area contributed by atoms with E-state index in [1.54, 1.807) is 29.2 Å². The Kier molecular flexibility index (Phi) is 5.76. The molecule has 2 aromatic carbocycles. The van der Waals surface area contributed by atoms with Gasteiger partial charge in [0.15, 0.2) is 6.61 Å². The number of rotatable bonds is 5. The number of hydrogen-bond acceptors (Lipinski definition) is 4. The number of nitrogens with one attached hydrogen (secondary N) is 1. The lowest BCUT2D eigenvalue weighted by Crippen LogP contribution is -2.28. The molecule has 1 fully saturated rings. The number of aryl methyl sites for hydroxylation is 1. The van der Waals surface area contributed by atoms with Crippen molar-refractivity contribution in [2.75, 3.05) is 23.4 Å². The fraction of sp³-hybridized carbons (Fsp3) is 0.250. The molecule has 0 spiro atoms. The molecule has 0 aromatic heterocycles. The summed E-state index contributed by atoms with van der Waals surface area (Å²) in [4.78, 5) is 37.9. The predicted molar refractivity (Wildman–Crippen MR) is 103 cm³/mol. The van der Waals surface area contributed by atoms with Gasteiger partial charge < -0.3 is 15.0 Å². The number of carbonyl (C=O) groups excluding carboxylic acids is 3. The van der Waals surface area contributed by atoms with E-state index in [4.69, 9.17) is 16.3 Å². The van der Waals surface area contributed by atoms with Crippen molar-refractivity contribution in [1.29, 1.82) is 0 Å². The topological polar surface area (TPSA) is 75.7 Å². The molecule has 140 valence electrons. The van der Waals surface area contributed by atoms with E-state index < -0.39 is 24.4 Å². The van der Waals surface area contributed by atoms with Gasteiger partial charge in [-0.05, 0) is 37.3 Å². The largest absolute Gasteiger partial charge is 0.455 e. The van der Waals surface area contributed by atoms with Gasteiger partial charge in [0, 0.05) is 29.4 Å². The van der Waals surface area contributed by atoms with E-state index in [-0.39, 0.29) is 18.9 Å². The molecule has 7 heteroatoms. The molecule has 1 saturated heterocycles. The number of halogens is 1. The predicted octanol–water partition coefficient (Wildman–Crippen LogP) is 3.18. The summed E-state index contributed by atoms with van der Waals surface area (Å²) < 4.78 is 5.08. The summed E-state index contributed by atoms with van der Waals surface area (Å²) in [7, 11) is 0. The smallest absolute Gasteiger partial charge is 0.311 e. The highest BCUT2D eigenvalue weighted by Gasteiger charge is 2.36. The molecule has 0 bridgehead atoms. The zero-order valence-electron chi connectivity index (χ0n) is 14.8. The Morgan fingerprint density at radius 3 is 2.67 bits per heavy atom. The van der Waals surface area contributed by atoms with Crippen molar-refractivity contribution in [3.63, 3.8) is 0 Å². The molecule has 1 heterocycles. The van der Waals surface area contributed by atoms with Crippen LogP contribution in [0.4, 0.5) is 11.4 Å². The summed E-state index contributed by atoms with van der Waals surface area (Å²) in [5.74, 6) is -1.74. The van der Waals surface area contributed by atoms with Crippen molar-refractivity contribution < 1.29 is 19.1 Å². The number of nitrogens with zero attached hydrogens (tertiary/aromatic N) is 1. The quantitative estimate of drug-likeness (QED) is 0.801. The fourth-order valence-corrected chi connectivity index (χ4v) is 3.05. The SMILES string of the molecule is Cc1ccc(N2C[C@H](C(=O)OCC(=O)Nc3cccc(Cl)c3)CC2=O)cc1. The van der Waals surface area contributed by atoms with E-state index in [2.05, 4.69) is 5.32 Å². The standard InChI is InChI=1S/C20H19ClN2O4/c1-13-5-7-17(8-6-13)23-11-14(9-19(23)25)20(26)27-12-18(24)22-16-4-2-3-15(21)10-16/h2-8,10,14H,9,11-12H2,1H3,(H,22,24)/t14-/m1/s1. The Morgan fingerprint density at radius 1 is 1.22 bits per heavy atom. The number of hydrogen-bond donors (Lipinski definition) is 1. The van der Waals surface area contributed by atoms with Gasteiger partial charge in [-0.1, -0.05) is 35.4 Å². The van der Waals surface area contributed by atoms with Gasteiger partial charge in [-0.3, -0.25) is 14.4 Å². The Morgan fingerprint density at radius 2 is 1.96 bits per heavy atom. The van der Waals surface area contributed by atoms with Gasteiger partial charge in [-0.15, -0.1) is 0 Å². The molecule has 27 heavy (non-hydrogen) atoms. The highest BCUT2D eigenvalue weighted by molar-refractivity contribution is 6.30. The van der Waals surface area contributed by atoms with E-state index in [1.165, 1.54) is 0 Å². The third kappa shape index (κ3) is 4.86. The van der Waals surface area contributed by atoms with Gasteiger partial charge in [-0.2, -0.15) is 0 Å². The average molecular weight is 387 g/mol. The maximum atomic E-state index is 12.2. The second kappa shape index (κ2) is 8.22. The molecule has 0 aliphatic carbocycles. The Labute approximate surface area is 162 Å². The van der Waals surface area contributed by atoms with Crippen LogP contribution in [-0.2, 0) is 19.1 Å². The van der Waals surface area contributed by atoms with Crippen molar-refractivity contribution in [3.05, 3.63) is 59.1 Å². The lowest BCUT2D eigenvalue weighted by atomic mass is 10.1. The van der Waals surface area contributed by atoms with Crippen LogP contribution >= 0.6 is 11.6 Å². The lowest BCUT2D eigenvalue weighted by Gasteiger charge is -2.16. The Balaban J connectivity index is 1.52. The van der Waals surface area contributed by atoms with Crippen LogP contribution in [0.1, 0.15) is 12.0 Å². The first-order valence-electron chi connectivity index (χ1n) is 8.51. The molecule has 1 N–H and O–H groups in total. The molecular weight excluding hydrogens is 368 g/mol. The number of anilines is 2. The summed E-state index contributed by atoms with van der Waals surface area (Å²) in [6.45, 7) is 1.79. The molecule has 0 unspecified atom stereocenters. The number of carbonyl (C=O) groups is 3. The van der Waals surface area contributed by atoms with Gasteiger partial charge in [0.1, 0.15) is 0 Å². The van der Waals surface area contributed by atoms with Crippen LogP contribution in [0.5, 0.6) is 0 Å². The van der Waals surface area contributed by atoms with Crippen molar-refractivity contribution in [2.45, 2.75) is 13.3 Å². The minimum Gasteiger partial charge on any atom is -0.455 e. The second-order valence-electron chi connectivity index (χ2n) is 6.41. The minimum absolute atomic E-state index is 0.0720. The van der Waals surface area contributed by atoms with Crippen molar-refractivity contribution in [1.82, 2.24) is 0 Å². The Bertz CT molecular complexity index is 867. The minimum atomic E-state index is -0.585. The van der Waals surface area contributed by atoms with Crippen LogP contribution in [-0.4, -0.2) is 30.9 Å². The third-order valence-corrected chi connectivity index (χ3v) is 4.49. The van der Waals surface area contributed by atoms with Crippen LogP contribution in [0.25, 0.3) is 0 Å². The maximum absolute atomic E-state index is 12.2. The van der Waals surface area contributed by atoms with Crippen molar-refractivity contribution >= 4 is 40.8 Å². The van der Waals surface area contributed by atoms with Crippen LogP contribution < -0.4 is 10.2 Å². The molecule has 2 amide bonds. The van der Waals surface area contributed by atoms with E-state index in [1.807, 2.05) is 31.2 Å². The normalized spacial score (nSPS) is 16.3. The van der Waals surface area contributed by atoms with E-state index in [0.717, 1.165) is 11.3 Å². The van der Waals surface area contributed by atoms with Crippen LogP contribution in [0.15, 0.2) is 48.5 Å². The molecule has 6 nitrogen and oxygen atoms in total.